The quantitative estimate of drug-likeness (QED) is 0.494. The SMILES string of the molecule is COc1ccccc1-c1[c-]c(-c2ccccc2OC)ccc1.[Br-].[Mg+2]. The molecule has 0 aliphatic rings. The van der Waals surface area contributed by atoms with Gasteiger partial charge >= 0.3 is 23.1 Å². The van der Waals surface area contributed by atoms with Gasteiger partial charge in [0.15, 0.2) is 0 Å². The molecule has 3 rings (SSSR count). The van der Waals surface area contributed by atoms with Crippen LogP contribution in [-0.2, 0) is 0 Å². The van der Waals surface area contributed by atoms with E-state index in [0.29, 0.717) is 0 Å². The molecule has 0 unspecified atom stereocenters. The van der Waals surface area contributed by atoms with E-state index >= 15 is 0 Å². The molecular formula is C20H17BrMgO2. The molecule has 0 N–H and O–H groups in total. The fraction of sp³-hybridized carbons (Fsp3) is 0.100. The van der Waals surface area contributed by atoms with Gasteiger partial charge in [0.2, 0.25) is 0 Å². The van der Waals surface area contributed by atoms with Gasteiger partial charge in [-0.05, 0) is 23.3 Å². The third kappa shape index (κ3) is 4.32. The molecule has 0 aliphatic carbocycles. The van der Waals surface area contributed by atoms with Crippen LogP contribution in [0.25, 0.3) is 22.3 Å². The Labute approximate surface area is 169 Å². The Hall–Kier alpha value is -1.49. The number of halogens is 1. The maximum absolute atomic E-state index is 5.45. The summed E-state index contributed by atoms with van der Waals surface area (Å²) in [6.45, 7) is 0. The van der Waals surface area contributed by atoms with E-state index in [1.807, 2.05) is 66.7 Å². The van der Waals surface area contributed by atoms with Crippen LogP contribution in [0, 0.1) is 6.07 Å². The molecular weight excluding hydrogens is 376 g/mol. The molecule has 0 saturated heterocycles. The van der Waals surface area contributed by atoms with Crippen molar-refractivity contribution in [1.82, 2.24) is 0 Å². The smallest absolute Gasteiger partial charge is 1.00 e. The molecule has 3 aromatic carbocycles. The average Bonchev–Trinajstić information content (AvgIpc) is 2.61. The van der Waals surface area contributed by atoms with Crippen molar-refractivity contribution < 1.29 is 26.5 Å². The Morgan fingerprint density at radius 3 is 1.46 bits per heavy atom. The first-order valence-electron chi connectivity index (χ1n) is 7.12. The zero-order valence-electron chi connectivity index (χ0n) is 13.8. The van der Waals surface area contributed by atoms with Gasteiger partial charge < -0.3 is 26.5 Å². The van der Waals surface area contributed by atoms with E-state index in [9.17, 15) is 0 Å². The average molecular weight is 394 g/mol. The third-order valence-electron chi connectivity index (χ3n) is 3.59. The number of benzene rings is 3. The number of para-hydroxylation sites is 2. The minimum absolute atomic E-state index is 0. The zero-order chi connectivity index (χ0) is 15.4. The van der Waals surface area contributed by atoms with Crippen molar-refractivity contribution in [3.05, 3.63) is 72.8 Å². The third-order valence-corrected chi connectivity index (χ3v) is 3.59. The van der Waals surface area contributed by atoms with Gasteiger partial charge in [-0.3, -0.25) is 0 Å². The Balaban J connectivity index is 0.00000144. The maximum atomic E-state index is 5.45. The first kappa shape index (κ1) is 20.6. The molecule has 0 bridgehead atoms. The summed E-state index contributed by atoms with van der Waals surface area (Å²) >= 11 is 0. The molecule has 3 aromatic rings. The predicted molar refractivity (Wildman–Crippen MR) is 95.0 cm³/mol. The summed E-state index contributed by atoms with van der Waals surface area (Å²) in [7, 11) is 3.37. The Bertz CT molecular complexity index is 727. The van der Waals surface area contributed by atoms with E-state index in [0.717, 1.165) is 33.8 Å². The largest absolute Gasteiger partial charge is 2.00 e. The van der Waals surface area contributed by atoms with Crippen LogP contribution < -0.4 is 26.5 Å². The van der Waals surface area contributed by atoms with Crippen molar-refractivity contribution in [3.8, 4) is 33.8 Å². The molecule has 0 atom stereocenters. The fourth-order valence-corrected chi connectivity index (χ4v) is 2.52. The summed E-state index contributed by atoms with van der Waals surface area (Å²) in [5.74, 6) is 1.69. The van der Waals surface area contributed by atoms with Gasteiger partial charge in [0.25, 0.3) is 0 Å². The Morgan fingerprint density at radius 1 is 0.625 bits per heavy atom. The van der Waals surface area contributed by atoms with E-state index in [2.05, 4.69) is 6.07 Å². The maximum Gasteiger partial charge on any atom is 2.00 e. The standard InChI is InChI=1S/C20H17O2.BrH.Mg/c1-21-19-12-5-3-10-17(19)15-8-7-9-16(14-15)18-11-4-6-13-20(18)22-2;;/h3-13H,1-2H3;1H;/q-1;;+2/p-1. The first-order valence-corrected chi connectivity index (χ1v) is 7.12. The normalized spacial score (nSPS) is 9.42. The molecule has 2 nitrogen and oxygen atoms in total. The van der Waals surface area contributed by atoms with Gasteiger partial charge in [0.1, 0.15) is 0 Å². The van der Waals surface area contributed by atoms with E-state index < -0.39 is 0 Å². The first-order chi connectivity index (χ1) is 10.8. The van der Waals surface area contributed by atoms with Crippen LogP contribution in [0.15, 0.2) is 66.7 Å². The molecule has 0 aliphatic heterocycles. The molecule has 0 aromatic heterocycles. The summed E-state index contributed by atoms with van der Waals surface area (Å²) < 4.78 is 10.9. The predicted octanol–water partition coefficient (Wildman–Crippen LogP) is 1.46. The molecule has 0 saturated carbocycles. The molecule has 0 heterocycles. The van der Waals surface area contributed by atoms with E-state index in [1.54, 1.807) is 14.2 Å². The van der Waals surface area contributed by atoms with Crippen molar-refractivity contribution in [2.75, 3.05) is 14.2 Å². The molecule has 0 fully saturated rings. The summed E-state index contributed by atoms with van der Waals surface area (Å²) in [5.41, 5.74) is 4.06. The van der Waals surface area contributed by atoms with Crippen molar-refractivity contribution in [2.24, 2.45) is 0 Å². The fourth-order valence-electron chi connectivity index (χ4n) is 2.52. The van der Waals surface area contributed by atoms with Gasteiger partial charge in [-0.25, -0.2) is 0 Å². The second-order valence-electron chi connectivity index (χ2n) is 4.88. The number of ether oxygens (including phenoxy) is 2. The minimum atomic E-state index is 0. The van der Waals surface area contributed by atoms with Gasteiger partial charge in [-0.1, -0.05) is 36.4 Å². The van der Waals surface area contributed by atoms with Crippen LogP contribution in [0.4, 0.5) is 0 Å². The second-order valence-corrected chi connectivity index (χ2v) is 4.88. The molecule has 0 spiro atoms. The van der Waals surface area contributed by atoms with Gasteiger partial charge in [-0.15, -0.1) is 35.4 Å². The molecule has 0 radical (unpaired) electrons. The van der Waals surface area contributed by atoms with E-state index in [4.69, 9.17) is 9.47 Å². The monoisotopic (exact) mass is 392 g/mol. The van der Waals surface area contributed by atoms with Crippen LogP contribution in [0.3, 0.4) is 0 Å². The molecule has 118 valence electrons. The van der Waals surface area contributed by atoms with Crippen molar-refractivity contribution in [1.29, 1.82) is 0 Å². The summed E-state index contributed by atoms with van der Waals surface area (Å²) in [6.07, 6.45) is 0. The number of rotatable bonds is 4. The Kier molecular flexibility index (Phi) is 8.32. The van der Waals surface area contributed by atoms with Crippen LogP contribution in [0.2, 0.25) is 0 Å². The summed E-state index contributed by atoms with van der Waals surface area (Å²) in [4.78, 5) is 0. The van der Waals surface area contributed by atoms with Gasteiger partial charge in [0, 0.05) is 0 Å². The zero-order valence-corrected chi connectivity index (χ0v) is 16.8. The van der Waals surface area contributed by atoms with Crippen LogP contribution in [0.5, 0.6) is 11.5 Å². The molecule has 4 heteroatoms. The van der Waals surface area contributed by atoms with Crippen LogP contribution >= 0.6 is 0 Å². The number of methoxy groups -OCH3 is 2. The topological polar surface area (TPSA) is 18.5 Å². The molecule has 0 amide bonds. The van der Waals surface area contributed by atoms with Crippen molar-refractivity contribution in [3.63, 3.8) is 0 Å². The van der Waals surface area contributed by atoms with Gasteiger partial charge in [-0.2, -0.15) is 0 Å². The van der Waals surface area contributed by atoms with Crippen molar-refractivity contribution >= 4 is 23.1 Å². The minimum Gasteiger partial charge on any atom is -1.00 e. The Morgan fingerprint density at radius 2 is 1.04 bits per heavy atom. The van der Waals surface area contributed by atoms with Crippen LogP contribution in [-0.4, -0.2) is 37.3 Å². The molecule has 24 heavy (non-hydrogen) atoms. The number of hydrogen-bond acceptors (Lipinski definition) is 2. The summed E-state index contributed by atoms with van der Waals surface area (Å²) in [5, 5.41) is 0. The second kappa shape index (κ2) is 9.72. The van der Waals surface area contributed by atoms with Crippen LogP contribution in [0.1, 0.15) is 0 Å². The van der Waals surface area contributed by atoms with E-state index in [1.165, 1.54) is 0 Å². The van der Waals surface area contributed by atoms with Crippen molar-refractivity contribution in [2.45, 2.75) is 0 Å². The summed E-state index contributed by atoms with van der Waals surface area (Å²) in [6, 6.07) is 25.5. The van der Waals surface area contributed by atoms with Gasteiger partial charge in [0.05, 0.1) is 25.7 Å². The number of hydrogen-bond donors (Lipinski definition) is 0. The van der Waals surface area contributed by atoms with E-state index in [-0.39, 0.29) is 40.0 Å².